The number of nitrogens with zero attached hydrogens (tertiary/aromatic N) is 2. The SMILES string of the molecule is CC(C)c1cccc(C(C)C)c1-n1c(-c2csc3ccc(Cc4ccccc4)cc23)nc2ccccc21. The van der Waals surface area contributed by atoms with Crippen molar-refractivity contribution in [2.24, 2.45) is 0 Å². The molecular formula is C34H32N2S. The van der Waals surface area contributed by atoms with E-state index in [-0.39, 0.29) is 0 Å². The largest absolute Gasteiger partial charge is 0.292 e. The Balaban J connectivity index is 1.61. The lowest BCUT2D eigenvalue weighted by Gasteiger charge is -2.22. The Bertz CT molecular complexity index is 1680. The van der Waals surface area contributed by atoms with E-state index in [9.17, 15) is 0 Å². The maximum Gasteiger partial charge on any atom is 0.147 e. The lowest BCUT2D eigenvalue weighted by Crippen LogP contribution is -2.08. The third-order valence-corrected chi connectivity index (χ3v) is 8.22. The van der Waals surface area contributed by atoms with E-state index in [1.54, 1.807) is 11.3 Å². The van der Waals surface area contributed by atoms with E-state index in [2.05, 4.69) is 129 Å². The van der Waals surface area contributed by atoms with Crippen LogP contribution < -0.4 is 0 Å². The van der Waals surface area contributed by atoms with Gasteiger partial charge in [-0.15, -0.1) is 11.3 Å². The average molecular weight is 501 g/mol. The molecule has 2 heterocycles. The molecule has 0 radical (unpaired) electrons. The van der Waals surface area contributed by atoms with Crippen LogP contribution in [0.15, 0.2) is 96.4 Å². The molecule has 37 heavy (non-hydrogen) atoms. The first-order valence-corrected chi connectivity index (χ1v) is 14.0. The molecule has 3 heteroatoms. The van der Waals surface area contributed by atoms with Gasteiger partial charge < -0.3 is 0 Å². The standard InChI is InChI=1S/C34H32N2S/c1-22(2)26-13-10-14-27(23(3)4)33(26)36-31-16-9-8-15-30(31)35-34(36)29-21-37-32-18-17-25(20-28(29)32)19-24-11-6-5-7-12-24/h5-18,20-23H,19H2,1-4H3. The van der Waals surface area contributed by atoms with E-state index in [1.165, 1.54) is 43.6 Å². The quantitative estimate of drug-likeness (QED) is 0.222. The molecule has 0 amide bonds. The maximum absolute atomic E-state index is 5.27. The minimum Gasteiger partial charge on any atom is -0.292 e. The summed E-state index contributed by atoms with van der Waals surface area (Å²) in [6.45, 7) is 9.16. The van der Waals surface area contributed by atoms with Gasteiger partial charge in [-0.05, 0) is 64.8 Å². The van der Waals surface area contributed by atoms with Crippen molar-refractivity contribution in [2.75, 3.05) is 0 Å². The van der Waals surface area contributed by atoms with Crippen LogP contribution in [0.5, 0.6) is 0 Å². The number of rotatable bonds is 6. The molecule has 0 fully saturated rings. The zero-order chi connectivity index (χ0) is 25.5. The Morgan fingerprint density at radius 3 is 2.16 bits per heavy atom. The Morgan fingerprint density at radius 1 is 0.730 bits per heavy atom. The normalized spacial score (nSPS) is 11.8. The fourth-order valence-corrected chi connectivity index (χ4v) is 6.31. The van der Waals surface area contributed by atoms with Crippen LogP contribution in [-0.2, 0) is 6.42 Å². The summed E-state index contributed by atoms with van der Waals surface area (Å²) in [4.78, 5) is 5.27. The second kappa shape index (κ2) is 9.64. The first kappa shape index (κ1) is 23.7. The molecule has 6 rings (SSSR count). The van der Waals surface area contributed by atoms with Crippen LogP contribution in [-0.4, -0.2) is 9.55 Å². The first-order valence-electron chi connectivity index (χ1n) is 13.2. The van der Waals surface area contributed by atoms with Crippen LogP contribution in [0.3, 0.4) is 0 Å². The Hall–Kier alpha value is -3.69. The van der Waals surface area contributed by atoms with Crippen molar-refractivity contribution < 1.29 is 0 Å². The van der Waals surface area contributed by atoms with Crippen molar-refractivity contribution in [3.05, 3.63) is 119 Å². The number of imidazole rings is 1. The predicted octanol–water partition coefficient (Wildman–Crippen LogP) is 9.74. The number of fused-ring (bicyclic) bond motifs is 2. The fourth-order valence-electron chi connectivity index (χ4n) is 5.39. The topological polar surface area (TPSA) is 17.8 Å². The summed E-state index contributed by atoms with van der Waals surface area (Å²) >= 11 is 1.81. The second-order valence-corrected chi connectivity index (χ2v) is 11.4. The second-order valence-electron chi connectivity index (χ2n) is 10.5. The van der Waals surface area contributed by atoms with Crippen LogP contribution in [0.25, 0.3) is 38.2 Å². The molecular weight excluding hydrogens is 468 g/mol. The molecule has 0 unspecified atom stereocenters. The van der Waals surface area contributed by atoms with E-state index < -0.39 is 0 Å². The molecule has 6 aromatic rings. The Labute approximate surface area is 223 Å². The highest BCUT2D eigenvalue weighted by Gasteiger charge is 2.23. The minimum atomic E-state index is 0.402. The zero-order valence-corrected chi connectivity index (χ0v) is 22.7. The van der Waals surface area contributed by atoms with Crippen LogP contribution in [0, 0.1) is 0 Å². The number of benzene rings is 4. The molecule has 2 nitrogen and oxygen atoms in total. The van der Waals surface area contributed by atoms with Crippen molar-refractivity contribution in [1.82, 2.24) is 9.55 Å². The molecule has 0 spiro atoms. The summed E-state index contributed by atoms with van der Waals surface area (Å²) in [7, 11) is 0. The van der Waals surface area contributed by atoms with Gasteiger partial charge in [0.1, 0.15) is 5.82 Å². The Morgan fingerprint density at radius 2 is 1.43 bits per heavy atom. The smallest absolute Gasteiger partial charge is 0.147 e. The van der Waals surface area contributed by atoms with Gasteiger partial charge in [0.05, 0.1) is 16.7 Å². The van der Waals surface area contributed by atoms with Gasteiger partial charge in [-0.3, -0.25) is 4.57 Å². The Kier molecular flexibility index (Phi) is 6.18. The molecule has 0 aliphatic carbocycles. The highest BCUT2D eigenvalue weighted by atomic mass is 32.1. The summed E-state index contributed by atoms with van der Waals surface area (Å²) in [5.41, 5.74) is 10.1. The summed E-state index contributed by atoms with van der Waals surface area (Å²) in [5.74, 6) is 1.83. The van der Waals surface area contributed by atoms with E-state index >= 15 is 0 Å². The molecule has 0 saturated carbocycles. The molecule has 4 aromatic carbocycles. The van der Waals surface area contributed by atoms with Crippen LogP contribution in [0.2, 0.25) is 0 Å². The molecule has 0 aliphatic rings. The van der Waals surface area contributed by atoms with Crippen LogP contribution >= 0.6 is 11.3 Å². The van der Waals surface area contributed by atoms with Crippen molar-refractivity contribution in [2.45, 2.75) is 46.0 Å². The molecule has 2 aromatic heterocycles. The summed E-state index contributed by atoms with van der Waals surface area (Å²) in [6.07, 6.45) is 0.927. The van der Waals surface area contributed by atoms with Crippen molar-refractivity contribution in [3.8, 4) is 17.1 Å². The average Bonchev–Trinajstić information content (AvgIpc) is 3.49. The number of thiophene rings is 1. The fraction of sp³-hybridized carbons (Fsp3) is 0.206. The van der Waals surface area contributed by atoms with E-state index in [0.29, 0.717) is 11.8 Å². The predicted molar refractivity (Wildman–Crippen MR) is 159 cm³/mol. The monoisotopic (exact) mass is 500 g/mol. The molecule has 184 valence electrons. The van der Waals surface area contributed by atoms with Gasteiger partial charge in [0, 0.05) is 21.0 Å². The lowest BCUT2D eigenvalue weighted by atomic mass is 9.92. The minimum absolute atomic E-state index is 0.402. The van der Waals surface area contributed by atoms with E-state index in [4.69, 9.17) is 4.98 Å². The molecule has 0 atom stereocenters. The van der Waals surface area contributed by atoms with E-state index in [1.807, 2.05) is 0 Å². The van der Waals surface area contributed by atoms with Crippen LogP contribution in [0.1, 0.15) is 61.8 Å². The summed E-state index contributed by atoms with van der Waals surface area (Å²) in [6, 6.07) is 33.0. The number of para-hydroxylation sites is 3. The molecule has 0 saturated heterocycles. The lowest BCUT2D eigenvalue weighted by molar-refractivity contribution is 0.811. The third-order valence-electron chi connectivity index (χ3n) is 7.26. The van der Waals surface area contributed by atoms with Gasteiger partial charge in [-0.25, -0.2) is 4.98 Å². The van der Waals surface area contributed by atoms with Crippen molar-refractivity contribution in [1.29, 1.82) is 0 Å². The van der Waals surface area contributed by atoms with Crippen molar-refractivity contribution in [3.63, 3.8) is 0 Å². The molecule has 0 aliphatic heterocycles. The summed E-state index contributed by atoms with van der Waals surface area (Å²) < 4.78 is 3.73. The highest BCUT2D eigenvalue weighted by Crippen LogP contribution is 2.40. The van der Waals surface area contributed by atoms with Gasteiger partial charge >= 0.3 is 0 Å². The van der Waals surface area contributed by atoms with Gasteiger partial charge in [-0.1, -0.05) is 94.4 Å². The maximum atomic E-state index is 5.27. The van der Waals surface area contributed by atoms with Gasteiger partial charge in [0.15, 0.2) is 0 Å². The van der Waals surface area contributed by atoms with E-state index in [0.717, 1.165) is 23.3 Å². The van der Waals surface area contributed by atoms with Crippen molar-refractivity contribution >= 4 is 32.5 Å². The number of aromatic nitrogens is 2. The summed E-state index contributed by atoms with van der Waals surface area (Å²) in [5, 5.41) is 3.57. The molecule has 0 N–H and O–H groups in total. The number of hydrogen-bond acceptors (Lipinski definition) is 2. The van der Waals surface area contributed by atoms with Crippen LogP contribution in [0.4, 0.5) is 0 Å². The molecule has 0 bridgehead atoms. The van der Waals surface area contributed by atoms with Gasteiger partial charge in [0.25, 0.3) is 0 Å². The zero-order valence-electron chi connectivity index (χ0n) is 21.9. The highest BCUT2D eigenvalue weighted by molar-refractivity contribution is 7.17. The number of hydrogen-bond donors (Lipinski definition) is 0. The third kappa shape index (κ3) is 4.28. The van der Waals surface area contributed by atoms with Gasteiger partial charge in [-0.2, -0.15) is 0 Å². The van der Waals surface area contributed by atoms with Gasteiger partial charge in [0.2, 0.25) is 0 Å². The first-order chi connectivity index (χ1) is 18.0.